The van der Waals surface area contributed by atoms with Crippen LogP contribution in [0.5, 0.6) is 0 Å². The van der Waals surface area contributed by atoms with Gasteiger partial charge in [-0.25, -0.2) is 9.37 Å². The van der Waals surface area contributed by atoms with E-state index in [1.165, 1.54) is 17.4 Å². The summed E-state index contributed by atoms with van der Waals surface area (Å²) in [7, 11) is 0. The summed E-state index contributed by atoms with van der Waals surface area (Å²) in [6, 6.07) is 4.05. The number of nitrogens with zero attached hydrogens (tertiary/aromatic N) is 1. The Morgan fingerprint density at radius 3 is 2.65 bits per heavy atom. The molecule has 1 unspecified atom stereocenters. The molecule has 1 heterocycles. The number of nitrogens with two attached hydrogens (primary N) is 1. The van der Waals surface area contributed by atoms with Gasteiger partial charge in [0, 0.05) is 15.5 Å². The van der Waals surface area contributed by atoms with E-state index in [4.69, 9.17) is 17.3 Å². The largest absolute Gasteiger partial charge is 0.319 e. The minimum absolute atomic E-state index is 0.371. The first-order chi connectivity index (χ1) is 7.99. The average molecular weight is 271 g/mol. The number of halogens is 2. The van der Waals surface area contributed by atoms with Gasteiger partial charge in [0.25, 0.3) is 0 Å². The summed E-state index contributed by atoms with van der Waals surface area (Å²) in [5, 5.41) is 1.30. The maximum Gasteiger partial charge on any atom is 0.129 e. The Morgan fingerprint density at radius 1 is 1.41 bits per heavy atom. The van der Waals surface area contributed by atoms with Crippen LogP contribution in [-0.2, 0) is 0 Å². The minimum Gasteiger partial charge on any atom is -0.319 e. The molecule has 0 amide bonds. The Bertz CT molecular complexity index is 553. The molecule has 2 N–H and O–H groups in total. The van der Waals surface area contributed by atoms with E-state index in [-0.39, 0.29) is 5.82 Å². The third-order valence-corrected chi connectivity index (χ3v) is 3.91. The Balaban J connectivity index is 2.43. The van der Waals surface area contributed by atoms with Gasteiger partial charge in [-0.2, -0.15) is 0 Å². The van der Waals surface area contributed by atoms with Gasteiger partial charge >= 0.3 is 0 Å². The second-order valence-corrected chi connectivity index (χ2v) is 5.50. The van der Waals surface area contributed by atoms with Crippen LogP contribution in [0.4, 0.5) is 4.39 Å². The van der Waals surface area contributed by atoms with Crippen molar-refractivity contribution < 1.29 is 4.39 Å². The lowest BCUT2D eigenvalue weighted by atomic mass is 10.0. The van der Waals surface area contributed by atoms with E-state index in [9.17, 15) is 4.39 Å². The highest BCUT2D eigenvalue weighted by Gasteiger charge is 2.18. The molecule has 2 nitrogen and oxygen atoms in total. The predicted molar refractivity (Wildman–Crippen MR) is 69.0 cm³/mol. The van der Waals surface area contributed by atoms with E-state index in [0.717, 1.165) is 15.6 Å². The van der Waals surface area contributed by atoms with Crippen molar-refractivity contribution in [3.8, 4) is 0 Å². The van der Waals surface area contributed by atoms with Crippen molar-refractivity contribution in [2.24, 2.45) is 5.73 Å². The maximum atomic E-state index is 13.7. The van der Waals surface area contributed by atoms with Gasteiger partial charge in [0.15, 0.2) is 0 Å². The lowest BCUT2D eigenvalue weighted by Crippen LogP contribution is -2.13. The van der Waals surface area contributed by atoms with Gasteiger partial charge in [0.1, 0.15) is 5.82 Å². The average Bonchev–Trinajstić information content (AvgIpc) is 2.57. The van der Waals surface area contributed by atoms with Crippen LogP contribution in [0.3, 0.4) is 0 Å². The van der Waals surface area contributed by atoms with Gasteiger partial charge in [0.2, 0.25) is 0 Å². The summed E-state index contributed by atoms with van der Waals surface area (Å²) >= 11 is 7.21. The number of hydrogen-bond donors (Lipinski definition) is 1. The molecule has 5 heteroatoms. The zero-order valence-corrected chi connectivity index (χ0v) is 11.1. The van der Waals surface area contributed by atoms with E-state index in [2.05, 4.69) is 4.98 Å². The molecule has 1 atom stereocenters. The summed E-state index contributed by atoms with van der Waals surface area (Å²) in [4.78, 5) is 5.19. The summed E-state index contributed by atoms with van der Waals surface area (Å²) in [5.74, 6) is -0.379. The number of aromatic nitrogens is 1. The van der Waals surface area contributed by atoms with Crippen molar-refractivity contribution in [2.75, 3.05) is 0 Å². The van der Waals surface area contributed by atoms with E-state index >= 15 is 0 Å². The molecule has 0 spiro atoms. The SMILES string of the molecule is Cc1nc(C)c(C(N)c2ccc(Cl)cc2F)s1. The van der Waals surface area contributed by atoms with Crippen LogP contribution in [0.2, 0.25) is 5.02 Å². The molecule has 2 rings (SSSR count). The van der Waals surface area contributed by atoms with E-state index in [1.807, 2.05) is 13.8 Å². The quantitative estimate of drug-likeness (QED) is 0.906. The lowest BCUT2D eigenvalue weighted by molar-refractivity contribution is 0.600. The smallest absolute Gasteiger partial charge is 0.129 e. The van der Waals surface area contributed by atoms with Crippen molar-refractivity contribution in [1.82, 2.24) is 4.98 Å². The fourth-order valence-electron chi connectivity index (χ4n) is 1.73. The Hall–Kier alpha value is -0.970. The van der Waals surface area contributed by atoms with Gasteiger partial charge in [-0.15, -0.1) is 11.3 Å². The second-order valence-electron chi connectivity index (χ2n) is 3.83. The highest BCUT2D eigenvalue weighted by molar-refractivity contribution is 7.11. The molecule has 0 bridgehead atoms. The molecule has 90 valence electrons. The van der Waals surface area contributed by atoms with Crippen molar-refractivity contribution in [2.45, 2.75) is 19.9 Å². The van der Waals surface area contributed by atoms with Crippen LogP contribution in [0, 0.1) is 19.7 Å². The van der Waals surface area contributed by atoms with Crippen molar-refractivity contribution in [3.05, 3.63) is 50.2 Å². The third-order valence-electron chi connectivity index (χ3n) is 2.52. The standard InChI is InChI=1S/C12H12ClFN2S/c1-6-12(17-7(2)16-6)11(15)9-4-3-8(13)5-10(9)14/h3-5,11H,15H2,1-2H3. The minimum atomic E-state index is -0.488. The molecule has 1 aromatic carbocycles. The predicted octanol–water partition coefficient (Wildman–Crippen LogP) is 3.60. The lowest BCUT2D eigenvalue weighted by Gasteiger charge is -2.12. The van der Waals surface area contributed by atoms with Crippen molar-refractivity contribution >= 4 is 22.9 Å². The molecular weight excluding hydrogens is 259 g/mol. The van der Waals surface area contributed by atoms with Gasteiger partial charge in [0.05, 0.1) is 16.7 Å². The summed E-state index contributed by atoms with van der Waals surface area (Å²) in [5.41, 5.74) is 7.37. The first-order valence-corrected chi connectivity index (χ1v) is 6.33. The van der Waals surface area contributed by atoms with Crippen LogP contribution in [0.25, 0.3) is 0 Å². The monoisotopic (exact) mass is 270 g/mol. The first-order valence-electron chi connectivity index (χ1n) is 5.13. The molecule has 0 fully saturated rings. The van der Waals surface area contributed by atoms with E-state index in [0.29, 0.717) is 10.6 Å². The second kappa shape index (κ2) is 4.72. The van der Waals surface area contributed by atoms with Gasteiger partial charge in [-0.1, -0.05) is 17.7 Å². The number of thiazole rings is 1. The molecule has 0 aliphatic rings. The molecular formula is C12H12ClFN2S. The highest BCUT2D eigenvalue weighted by Crippen LogP contribution is 2.30. The summed E-state index contributed by atoms with van der Waals surface area (Å²) in [6.07, 6.45) is 0. The fourth-order valence-corrected chi connectivity index (χ4v) is 2.84. The molecule has 0 saturated carbocycles. The Morgan fingerprint density at radius 2 is 2.12 bits per heavy atom. The first kappa shape index (κ1) is 12.5. The van der Waals surface area contributed by atoms with Crippen molar-refractivity contribution in [1.29, 1.82) is 0 Å². The normalized spacial score (nSPS) is 12.8. The molecule has 2 aromatic rings. The van der Waals surface area contributed by atoms with Crippen LogP contribution < -0.4 is 5.73 Å². The maximum absolute atomic E-state index is 13.7. The fraction of sp³-hybridized carbons (Fsp3) is 0.250. The van der Waals surface area contributed by atoms with Crippen LogP contribution in [0.15, 0.2) is 18.2 Å². The Kier molecular flexibility index (Phi) is 3.47. The van der Waals surface area contributed by atoms with Crippen LogP contribution >= 0.6 is 22.9 Å². The van der Waals surface area contributed by atoms with E-state index < -0.39 is 6.04 Å². The highest BCUT2D eigenvalue weighted by atomic mass is 35.5. The molecule has 0 radical (unpaired) electrons. The zero-order valence-electron chi connectivity index (χ0n) is 9.50. The van der Waals surface area contributed by atoms with Gasteiger partial charge in [-0.3, -0.25) is 0 Å². The van der Waals surface area contributed by atoms with E-state index in [1.54, 1.807) is 12.1 Å². The van der Waals surface area contributed by atoms with Crippen molar-refractivity contribution in [3.63, 3.8) is 0 Å². The summed E-state index contributed by atoms with van der Waals surface area (Å²) < 4.78 is 13.7. The Labute approximate surface area is 108 Å². The van der Waals surface area contributed by atoms with Gasteiger partial charge < -0.3 is 5.73 Å². The third kappa shape index (κ3) is 2.49. The molecule has 0 aliphatic carbocycles. The number of aryl methyl sites for hydroxylation is 2. The molecule has 17 heavy (non-hydrogen) atoms. The number of hydrogen-bond acceptors (Lipinski definition) is 3. The number of benzene rings is 1. The van der Waals surface area contributed by atoms with Crippen LogP contribution in [-0.4, -0.2) is 4.98 Å². The topological polar surface area (TPSA) is 38.9 Å². The van der Waals surface area contributed by atoms with Gasteiger partial charge in [-0.05, 0) is 26.0 Å². The molecule has 1 aromatic heterocycles. The zero-order chi connectivity index (χ0) is 12.6. The summed E-state index contributed by atoms with van der Waals surface area (Å²) in [6.45, 7) is 3.79. The molecule has 0 aliphatic heterocycles. The number of rotatable bonds is 2. The molecule has 0 saturated heterocycles. The van der Waals surface area contributed by atoms with Crippen LogP contribution in [0.1, 0.15) is 27.2 Å².